The van der Waals surface area contributed by atoms with Crippen molar-refractivity contribution in [1.29, 1.82) is 0 Å². The summed E-state index contributed by atoms with van der Waals surface area (Å²) in [7, 11) is 0. The Balaban J connectivity index is 2.98. The summed E-state index contributed by atoms with van der Waals surface area (Å²) in [5.41, 5.74) is 1.85. The predicted octanol–water partition coefficient (Wildman–Crippen LogP) is 4.30. The number of aryl methyl sites for hydroxylation is 1. The maximum Gasteiger partial charge on any atom is 0.150 e. The lowest BCUT2D eigenvalue weighted by molar-refractivity contribution is 0.636. The van der Waals surface area contributed by atoms with Gasteiger partial charge in [-0.3, -0.25) is 0 Å². The highest BCUT2D eigenvalue weighted by molar-refractivity contribution is 6.37. The zero-order chi connectivity index (χ0) is 11.2. The zero-order valence-corrected chi connectivity index (χ0v) is 9.75. The third-order valence-electron chi connectivity index (χ3n) is 2.42. The third-order valence-corrected chi connectivity index (χ3v) is 3.12. The molecule has 0 aliphatic carbocycles. The van der Waals surface area contributed by atoms with Gasteiger partial charge in [0.25, 0.3) is 0 Å². The lowest BCUT2D eigenvalue weighted by Gasteiger charge is -2.07. The van der Waals surface area contributed by atoms with Crippen molar-refractivity contribution in [3.8, 4) is 0 Å². The van der Waals surface area contributed by atoms with Crippen molar-refractivity contribution in [3.63, 3.8) is 0 Å². The molecule has 1 aromatic heterocycles. The molecule has 2 aromatic rings. The molecule has 0 fully saturated rings. The number of hydrogen-bond donors (Lipinski definition) is 0. The Labute approximate surface area is 96.8 Å². The van der Waals surface area contributed by atoms with Crippen LogP contribution >= 0.6 is 23.2 Å². The molecule has 1 nitrogen and oxygen atoms in total. The van der Waals surface area contributed by atoms with Crippen LogP contribution in [0.3, 0.4) is 0 Å². The summed E-state index contributed by atoms with van der Waals surface area (Å²) in [6.45, 7) is 3.65. The van der Waals surface area contributed by atoms with E-state index in [9.17, 15) is 4.39 Å². The minimum atomic E-state index is -0.442. The van der Waals surface area contributed by atoms with E-state index in [4.69, 9.17) is 23.2 Å². The van der Waals surface area contributed by atoms with Crippen LogP contribution in [0.15, 0.2) is 12.1 Å². The maximum atomic E-state index is 13.5. The van der Waals surface area contributed by atoms with E-state index < -0.39 is 5.82 Å². The summed E-state index contributed by atoms with van der Waals surface area (Å²) >= 11 is 11.9. The predicted molar refractivity (Wildman–Crippen MR) is 61.2 cm³/mol. The molecule has 0 radical (unpaired) electrons. The number of halogens is 3. The van der Waals surface area contributed by atoms with Crippen molar-refractivity contribution in [1.82, 2.24) is 4.98 Å². The number of rotatable bonds is 0. The van der Waals surface area contributed by atoms with Crippen molar-refractivity contribution >= 4 is 34.1 Å². The van der Waals surface area contributed by atoms with Gasteiger partial charge in [-0.25, -0.2) is 9.37 Å². The molecule has 0 spiro atoms. The van der Waals surface area contributed by atoms with E-state index in [2.05, 4.69) is 4.98 Å². The van der Waals surface area contributed by atoms with Crippen molar-refractivity contribution in [2.45, 2.75) is 13.8 Å². The number of hydrogen-bond acceptors (Lipinski definition) is 1. The summed E-state index contributed by atoms with van der Waals surface area (Å²) < 4.78 is 13.5. The zero-order valence-electron chi connectivity index (χ0n) is 8.24. The molecular weight excluding hydrogens is 236 g/mol. The average Bonchev–Trinajstić information content (AvgIpc) is 2.17. The first kappa shape index (κ1) is 10.7. The number of benzene rings is 1. The summed E-state index contributed by atoms with van der Waals surface area (Å²) in [6.07, 6.45) is 0. The van der Waals surface area contributed by atoms with E-state index in [1.165, 1.54) is 6.07 Å². The van der Waals surface area contributed by atoms with E-state index >= 15 is 0 Å². The fourth-order valence-corrected chi connectivity index (χ4v) is 1.95. The van der Waals surface area contributed by atoms with E-state index in [1.807, 2.05) is 6.92 Å². The second-order valence-corrected chi connectivity index (χ2v) is 4.23. The van der Waals surface area contributed by atoms with Crippen LogP contribution in [0.2, 0.25) is 10.0 Å². The van der Waals surface area contributed by atoms with Gasteiger partial charge in [0.1, 0.15) is 5.52 Å². The van der Waals surface area contributed by atoms with Crippen LogP contribution in [0, 0.1) is 19.7 Å². The molecule has 4 heteroatoms. The SMILES string of the molecule is Cc1nc2c(F)cc(Cl)cc2c(Cl)c1C. The van der Waals surface area contributed by atoms with Gasteiger partial charge in [0.05, 0.1) is 5.02 Å². The fourth-order valence-electron chi connectivity index (χ4n) is 1.46. The molecule has 0 N–H and O–H groups in total. The van der Waals surface area contributed by atoms with Crippen molar-refractivity contribution in [3.05, 3.63) is 39.3 Å². The van der Waals surface area contributed by atoms with Crippen LogP contribution < -0.4 is 0 Å². The molecule has 0 atom stereocenters. The molecule has 0 saturated heterocycles. The first-order chi connectivity index (χ1) is 7.00. The molecule has 2 rings (SSSR count). The second kappa shape index (κ2) is 3.62. The Morgan fingerprint density at radius 1 is 1.20 bits per heavy atom. The molecule has 0 amide bonds. The van der Waals surface area contributed by atoms with Crippen molar-refractivity contribution in [2.75, 3.05) is 0 Å². The standard InChI is InChI=1S/C11H8Cl2FN/c1-5-6(2)15-11-8(10(5)13)3-7(12)4-9(11)14/h3-4H,1-2H3. The normalized spacial score (nSPS) is 11.0. The van der Waals surface area contributed by atoms with Crippen molar-refractivity contribution < 1.29 is 4.39 Å². The number of fused-ring (bicyclic) bond motifs is 1. The molecular formula is C11H8Cl2FN. The molecule has 0 bridgehead atoms. The van der Waals surface area contributed by atoms with Crippen LogP contribution in [0.25, 0.3) is 10.9 Å². The van der Waals surface area contributed by atoms with E-state index in [-0.39, 0.29) is 5.52 Å². The van der Waals surface area contributed by atoms with Gasteiger partial charge in [-0.15, -0.1) is 0 Å². The van der Waals surface area contributed by atoms with Crippen LogP contribution in [0.1, 0.15) is 11.3 Å². The second-order valence-electron chi connectivity index (χ2n) is 3.42. The van der Waals surface area contributed by atoms with Gasteiger partial charge in [0.15, 0.2) is 5.82 Å². The first-order valence-electron chi connectivity index (χ1n) is 4.42. The lowest BCUT2D eigenvalue weighted by atomic mass is 10.1. The fraction of sp³-hybridized carbons (Fsp3) is 0.182. The quantitative estimate of drug-likeness (QED) is 0.673. The molecule has 0 aliphatic heterocycles. The first-order valence-corrected chi connectivity index (χ1v) is 5.17. The molecule has 15 heavy (non-hydrogen) atoms. The lowest BCUT2D eigenvalue weighted by Crippen LogP contribution is -1.93. The number of aromatic nitrogens is 1. The molecule has 0 aliphatic rings. The van der Waals surface area contributed by atoms with Gasteiger partial charge < -0.3 is 0 Å². The van der Waals surface area contributed by atoms with Crippen molar-refractivity contribution in [2.24, 2.45) is 0 Å². The van der Waals surface area contributed by atoms with Gasteiger partial charge in [-0.05, 0) is 31.5 Å². The largest absolute Gasteiger partial charge is 0.250 e. The minimum absolute atomic E-state index is 0.271. The van der Waals surface area contributed by atoms with E-state index in [0.717, 1.165) is 11.3 Å². The average molecular weight is 244 g/mol. The molecule has 1 heterocycles. The number of pyridine rings is 1. The third kappa shape index (κ3) is 1.68. The van der Waals surface area contributed by atoms with Gasteiger partial charge in [0.2, 0.25) is 0 Å². The summed E-state index contributed by atoms with van der Waals surface area (Å²) in [5, 5.41) is 1.40. The molecule has 0 saturated carbocycles. The number of nitrogens with zero attached hydrogens (tertiary/aromatic N) is 1. The van der Waals surface area contributed by atoms with E-state index in [0.29, 0.717) is 15.4 Å². The van der Waals surface area contributed by atoms with E-state index in [1.54, 1.807) is 13.0 Å². The summed E-state index contributed by atoms with van der Waals surface area (Å²) in [6, 6.07) is 2.86. The molecule has 1 aromatic carbocycles. The Bertz CT molecular complexity index is 552. The maximum absolute atomic E-state index is 13.5. The Kier molecular flexibility index (Phi) is 2.57. The molecule has 78 valence electrons. The van der Waals surface area contributed by atoms with Gasteiger partial charge >= 0.3 is 0 Å². The van der Waals surface area contributed by atoms with Crippen LogP contribution in [-0.4, -0.2) is 4.98 Å². The topological polar surface area (TPSA) is 12.9 Å². The van der Waals surface area contributed by atoms with Crippen LogP contribution in [-0.2, 0) is 0 Å². The summed E-state index contributed by atoms with van der Waals surface area (Å²) in [4.78, 5) is 4.16. The van der Waals surface area contributed by atoms with Gasteiger partial charge in [0, 0.05) is 16.1 Å². The highest BCUT2D eigenvalue weighted by Crippen LogP contribution is 2.31. The van der Waals surface area contributed by atoms with Gasteiger partial charge in [-0.2, -0.15) is 0 Å². The smallest absolute Gasteiger partial charge is 0.150 e. The van der Waals surface area contributed by atoms with Crippen LogP contribution in [0.4, 0.5) is 4.39 Å². The highest BCUT2D eigenvalue weighted by atomic mass is 35.5. The Hall–Kier alpha value is -0.860. The minimum Gasteiger partial charge on any atom is -0.250 e. The van der Waals surface area contributed by atoms with Gasteiger partial charge in [-0.1, -0.05) is 23.2 Å². The van der Waals surface area contributed by atoms with Crippen LogP contribution in [0.5, 0.6) is 0 Å². The molecule has 0 unspecified atom stereocenters. The monoisotopic (exact) mass is 243 g/mol. The summed E-state index contributed by atoms with van der Waals surface area (Å²) in [5.74, 6) is -0.442. The highest BCUT2D eigenvalue weighted by Gasteiger charge is 2.11. The Morgan fingerprint density at radius 2 is 1.87 bits per heavy atom. The Morgan fingerprint density at radius 3 is 2.53 bits per heavy atom.